The molecule has 2 rings (SSSR count). The van der Waals surface area contributed by atoms with Gasteiger partial charge in [-0.15, -0.1) is 0 Å². The molecule has 110 valence electrons. The lowest BCUT2D eigenvalue weighted by Crippen LogP contribution is -2.23. The number of hydrogen-bond acceptors (Lipinski definition) is 4. The molecule has 0 aromatic heterocycles. The number of carboxylic acid groups (broad SMARTS) is 1. The molecule has 1 aromatic carbocycles. The summed E-state index contributed by atoms with van der Waals surface area (Å²) in [5.74, 6) is -0.508. The van der Waals surface area contributed by atoms with Gasteiger partial charge in [-0.2, -0.15) is 0 Å². The fourth-order valence-electron chi connectivity index (χ4n) is 1.73. The van der Waals surface area contributed by atoms with E-state index >= 15 is 0 Å². The van der Waals surface area contributed by atoms with Gasteiger partial charge in [0.15, 0.2) is 0 Å². The maximum atomic E-state index is 11.8. The van der Waals surface area contributed by atoms with Gasteiger partial charge >= 0.3 is 5.97 Å². The molecule has 0 bridgehead atoms. The quantitative estimate of drug-likeness (QED) is 0.795. The maximum Gasteiger partial charge on any atom is 0.339 e. The zero-order chi connectivity index (χ0) is 14.8. The molecule has 0 spiro atoms. The van der Waals surface area contributed by atoms with Crippen LogP contribution in [0.5, 0.6) is 5.75 Å². The minimum Gasteiger partial charge on any atom is -0.492 e. The number of aromatic carboxylic acids is 1. The highest BCUT2D eigenvalue weighted by molar-refractivity contribution is 7.89. The summed E-state index contributed by atoms with van der Waals surface area (Å²) in [6.07, 6.45) is 2.19. The molecule has 0 heterocycles. The Balaban J connectivity index is 2.28. The second kappa shape index (κ2) is 5.80. The molecule has 1 aliphatic carbocycles. The third kappa shape index (κ3) is 3.49. The predicted octanol–water partition coefficient (Wildman–Crippen LogP) is 1.47. The van der Waals surface area contributed by atoms with Crippen LogP contribution < -0.4 is 9.46 Å². The van der Waals surface area contributed by atoms with Crippen molar-refractivity contribution in [3.05, 3.63) is 23.8 Å². The molecule has 1 saturated carbocycles. The van der Waals surface area contributed by atoms with E-state index in [0.29, 0.717) is 12.5 Å². The van der Waals surface area contributed by atoms with Gasteiger partial charge in [0.2, 0.25) is 10.0 Å². The van der Waals surface area contributed by atoms with E-state index in [9.17, 15) is 18.3 Å². The van der Waals surface area contributed by atoms with Crippen molar-refractivity contribution in [2.45, 2.75) is 24.7 Å². The van der Waals surface area contributed by atoms with Crippen molar-refractivity contribution in [2.75, 3.05) is 13.2 Å². The third-order valence-corrected chi connectivity index (χ3v) is 4.54. The van der Waals surface area contributed by atoms with Gasteiger partial charge in [-0.05, 0) is 37.0 Å². The van der Waals surface area contributed by atoms with Crippen molar-refractivity contribution in [1.82, 2.24) is 4.72 Å². The molecule has 0 saturated heterocycles. The second-order valence-corrected chi connectivity index (χ2v) is 6.49. The molecule has 1 aliphatic rings. The Kier molecular flexibility index (Phi) is 4.29. The van der Waals surface area contributed by atoms with Crippen LogP contribution in [0.25, 0.3) is 0 Å². The fraction of sp³-hybridized carbons (Fsp3) is 0.462. The van der Waals surface area contributed by atoms with Crippen LogP contribution in [0.3, 0.4) is 0 Å². The summed E-state index contributed by atoms with van der Waals surface area (Å²) in [5, 5.41) is 9.17. The average molecular weight is 299 g/mol. The minimum atomic E-state index is -3.67. The minimum absolute atomic E-state index is 0.0736. The summed E-state index contributed by atoms with van der Waals surface area (Å²) in [6.45, 7) is 2.37. The number of benzene rings is 1. The lowest BCUT2D eigenvalue weighted by atomic mass is 10.2. The molecular formula is C13H17NO5S. The normalized spacial score (nSPS) is 15.1. The first-order valence-corrected chi connectivity index (χ1v) is 7.92. The van der Waals surface area contributed by atoms with Crippen molar-refractivity contribution in [3.8, 4) is 5.75 Å². The fourth-order valence-corrected chi connectivity index (χ4v) is 2.80. The van der Waals surface area contributed by atoms with Crippen LogP contribution in [-0.2, 0) is 10.0 Å². The summed E-state index contributed by atoms with van der Waals surface area (Å²) in [4.78, 5) is 11.2. The first kappa shape index (κ1) is 14.8. The number of ether oxygens (including phenoxy) is 1. The Morgan fingerprint density at radius 1 is 1.45 bits per heavy atom. The largest absolute Gasteiger partial charge is 0.492 e. The van der Waals surface area contributed by atoms with Crippen LogP contribution in [-0.4, -0.2) is 32.6 Å². The third-order valence-electron chi connectivity index (χ3n) is 3.00. The van der Waals surface area contributed by atoms with Crippen LogP contribution in [0.15, 0.2) is 23.1 Å². The summed E-state index contributed by atoms with van der Waals surface area (Å²) >= 11 is 0. The Labute approximate surface area is 117 Å². The highest BCUT2D eigenvalue weighted by Gasteiger charge is 2.24. The molecule has 0 radical (unpaired) electrons. The van der Waals surface area contributed by atoms with E-state index in [1.54, 1.807) is 6.92 Å². The predicted molar refractivity (Wildman–Crippen MR) is 72.5 cm³/mol. The SMILES string of the molecule is CCNS(=O)(=O)c1ccc(OCC2CC2)c(C(=O)O)c1. The number of nitrogens with one attached hydrogen (secondary N) is 1. The van der Waals surface area contributed by atoms with E-state index in [-0.39, 0.29) is 22.8 Å². The van der Waals surface area contributed by atoms with E-state index in [1.165, 1.54) is 12.1 Å². The highest BCUT2D eigenvalue weighted by Crippen LogP contribution is 2.31. The molecule has 6 nitrogen and oxygen atoms in total. The monoisotopic (exact) mass is 299 g/mol. The molecule has 1 fully saturated rings. The zero-order valence-electron chi connectivity index (χ0n) is 11.1. The van der Waals surface area contributed by atoms with Gasteiger partial charge in [0.25, 0.3) is 0 Å². The number of sulfonamides is 1. The first-order chi connectivity index (χ1) is 9.44. The van der Waals surface area contributed by atoms with E-state index in [2.05, 4.69) is 4.72 Å². The van der Waals surface area contributed by atoms with Crippen molar-refractivity contribution in [3.63, 3.8) is 0 Å². The van der Waals surface area contributed by atoms with Crippen LogP contribution >= 0.6 is 0 Å². The van der Waals surface area contributed by atoms with Crippen molar-refractivity contribution >= 4 is 16.0 Å². The Hall–Kier alpha value is -1.60. The summed E-state index contributed by atoms with van der Waals surface area (Å²) in [7, 11) is -3.67. The van der Waals surface area contributed by atoms with Crippen molar-refractivity contribution in [2.24, 2.45) is 5.92 Å². The van der Waals surface area contributed by atoms with Gasteiger partial charge in [-0.1, -0.05) is 6.92 Å². The van der Waals surface area contributed by atoms with Gasteiger partial charge in [0.1, 0.15) is 11.3 Å². The Bertz CT molecular complexity index is 607. The molecule has 0 amide bonds. The number of carboxylic acids is 1. The topological polar surface area (TPSA) is 92.7 Å². The van der Waals surface area contributed by atoms with Crippen LogP contribution in [0.1, 0.15) is 30.1 Å². The molecule has 7 heteroatoms. The number of hydrogen-bond donors (Lipinski definition) is 2. The van der Waals surface area contributed by atoms with Crippen molar-refractivity contribution in [1.29, 1.82) is 0 Å². The van der Waals surface area contributed by atoms with E-state index in [0.717, 1.165) is 18.9 Å². The van der Waals surface area contributed by atoms with Gasteiger partial charge < -0.3 is 9.84 Å². The van der Waals surface area contributed by atoms with Gasteiger partial charge in [-0.3, -0.25) is 0 Å². The maximum absolute atomic E-state index is 11.8. The number of rotatable bonds is 7. The van der Waals surface area contributed by atoms with Crippen LogP contribution in [0.4, 0.5) is 0 Å². The molecule has 1 aromatic rings. The van der Waals surface area contributed by atoms with E-state index in [4.69, 9.17) is 4.74 Å². The summed E-state index contributed by atoms with van der Waals surface area (Å²) in [6, 6.07) is 3.88. The van der Waals surface area contributed by atoms with Crippen LogP contribution in [0.2, 0.25) is 0 Å². The van der Waals surface area contributed by atoms with Gasteiger partial charge in [0, 0.05) is 6.54 Å². The lowest BCUT2D eigenvalue weighted by molar-refractivity contribution is 0.0691. The van der Waals surface area contributed by atoms with E-state index in [1.807, 2.05) is 0 Å². The van der Waals surface area contributed by atoms with Gasteiger partial charge in [-0.25, -0.2) is 17.9 Å². The lowest BCUT2D eigenvalue weighted by Gasteiger charge is -2.11. The molecule has 0 unspecified atom stereocenters. The molecule has 0 aliphatic heterocycles. The average Bonchev–Trinajstić information content (AvgIpc) is 3.20. The molecular weight excluding hydrogens is 282 g/mol. The summed E-state index contributed by atoms with van der Waals surface area (Å²) < 4.78 is 31.5. The summed E-state index contributed by atoms with van der Waals surface area (Å²) in [5.41, 5.74) is -0.135. The zero-order valence-corrected chi connectivity index (χ0v) is 11.9. The molecule has 2 N–H and O–H groups in total. The van der Waals surface area contributed by atoms with E-state index < -0.39 is 16.0 Å². The Morgan fingerprint density at radius 2 is 2.15 bits per heavy atom. The van der Waals surface area contributed by atoms with Gasteiger partial charge in [0.05, 0.1) is 11.5 Å². The van der Waals surface area contributed by atoms with Crippen molar-refractivity contribution < 1.29 is 23.1 Å². The smallest absolute Gasteiger partial charge is 0.339 e. The first-order valence-electron chi connectivity index (χ1n) is 6.44. The molecule has 20 heavy (non-hydrogen) atoms. The molecule has 0 atom stereocenters. The second-order valence-electron chi connectivity index (χ2n) is 4.72. The highest BCUT2D eigenvalue weighted by atomic mass is 32.2. The Morgan fingerprint density at radius 3 is 2.70 bits per heavy atom. The number of carbonyl (C=O) groups is 1. The standard InChI is InChI=1S/C13H17NO5S/c1-2-14-20(17,18)10-5-6-12(11(7-10)13(15)16)19-8-9-3-4-9/h5-7,9,14H,2-4,8H2,1H3,(H,15,16). The van der Waals surface area contributed by atoms with Crippen LogP contribution in [0, 0.1) is 5.92 Å².